The Bertz CT molecular complexity index is 223. The van der Waals surface area contributed by atoms with Crippen LogP contribution in [0.15, 0.2) is 0 Å². The van der Waals surface area contributed by atoms with E-state index in [0.29, 0.717) is 13.2 Å². The quantitative estimate of drug-likeness (QED) is 0.477. The van der Waals surface area contributed by atoms with Crippen LogP contribution in [0.1, 0.15) is 13.8 Å². The molecule has 88 valence electrons. The highest BCUT2D eigenvalue weighted by molar-refractivity contribution is 5.89. The van der Waals surface area contributed by atoms with Crippen molar-refractivity contribution in [2.45, 2.75) is 19.4 Å². The van der Waals surface area contributed by atoms with Crippen molar-refractivity contribution in [1.82, 2.24) is 10.6 Å². The summed E-state index contributed by atoms with van der Waals surface area (Å²) in [4.78, 5) is 22.4. The first-order chi connectivity index (χ1) is 6.88. The van der Waals surface area contributed by atoms with Crippen LogP contribution in [0.2, 0.25) is 0 Å². The van der Waals surface area contributed by atoms with Gasteiger partial charge in [0.2, 0.25) is 11.8 Å². The van der Waals surface area contributed by atoms with E-state index in [0.717, 1.165) is 0 Å². The van der Waals surface area contributed by atoms with Crippen LogP contribution in [-0.2, 0) is 14.3 Å². The normalized spacial score (nSPS) is 10.9. The molecule has 0 aliphatic carbocycles. The molecule has 0 saturated carbocycles. The van der Waals surface area contributed by atoms with E-state index in [9.17, 15) is 9.59 Å². The second-order valence-electron chi connectivity index (χ2n) is 3.75. The van der Waals surface area contributed by atoms with Crippen molar-refractivity contribution in [2.24, 2.45) is 5.73 Å². The molecule has 6 nitrogen and oxygen atoms in total. The highest BCUT2D eigenvalue weighted by atomic mass is 16.5. The number of hydrogen-bond donors (Lipinski definition) is 3. The van der Waals surface area contributed by atoms with Gasteiger partial charge in [0.05, 0.1) is 18.7 Å². The van der Waals surface area contributed by atoms with E-state index in [1.807, 2.05) is 0 Å². The smallest absolute Gasteiger partial charge is 0.239 e. The third-order valence-corrected chi connectivity index (χ3v) is 1.62. The Balaban J connectivity index is 3.67. The lowest BCUT2D eigenvalue weighted by atomic mass is 10.1. The maximum atomic E-state index is 11.3. The molecule has 4 N–H and O–H groups in total. The van der Waals surface area contributed by atoms with Gasteiger partial charge in [0.15, 0.2) is 0 Å². The molecule has 0 aromatic rings. The molecule has 0 saturated heterocycles. The Morgan fingerprint density at radius 2 is 1.93 bits per heavy atom. The van der Waals surface area contributed by atoms with Crippen LogP contribution in [0.3, 0.4) is 0 Å². The standard InChI is InChI=1S/C9H19N3O3/c1-9(2,10)8(14)12-6-7(13)11-4-5-15-3/h4-6,10H2,1-3H3,(H,11,13)(H,12,14). The topological polar surface area (TPSA) is 93.5 Å². The summed E-state index contributed by atoms with van der Waals surface area (Å²) in [6.45, 7) is 3.96. The molecule has 6 heteroatoms. The SMILES string of the molecule is COCCNC(=O)CNC(=O)C(C)(C)N. The van der Waals surface area contributed by atoms with Gasteiger partial charge in [-0.15, -0.1) is 0 Å². The largest absolute Gasteiger partial charge is 0.383 e. The van der Waals surface area contributed by atoms with Crippen LogP contribution in [0.4, 0.5) is 0 Å². The van der Waals surface area contributed by atoms with Crippen molar-refractivity contribution >= 4 is 11.8 Å². The van der Waals surface area contributed by atoms with Crippen molar-refractivity contribution in [3.8, 4) is 0 Å². The molecular formula is C9H19N3O3. The molecule has 0 aromatic heterocycles. The molecular weight excluding hydrogens is 198 g/mol. The second kappa shape index (κ2) is 6.36. The molecule has 0 radical (unpaired) electrons. The molecule has 0 spiro atoms. The number of methoxy groups -OCH3 is 1. The second-order valence-corrected chi connectivity index (χ2v) is 3.75. The molecule has 0 aliphatic rings. The molecule has 0 fully saturated rings. The van der Waals surface area contributed by atoms with Gasteiger partial charge in [0.1, 0.15) is 0 Å². The number of nitrogens with two attached hydrogens (primary N) is 1. The maximum absolute atomic E-state index is 11.3. The Hall–Kier alpha value is -1.14. The first kappa shape index (κ1) is 13.9. The summed E-state index contributed by atoms with van der Waals surface area (Å²) in [6.07, 6.45) is 0. The number of carbonyl (C=O) groups is 2. The summed E-state index contributed by atoms with van der Waals surface area (Å²) >= 11 is 0. The van der Waals surface area contributed by atoms with E-state index < -0.39 is 5.54 Å². The van der Waals surface area contributed by atoms with Crippen molar-refractivity contribution in [1.29, 1.82) is 0 Å². The summed E-state index contributed by atoms with van der Waals surface area (Å²) in [6, 6.07) is 0. The van der Waals surface area contributed by atoms with Gasteiger partial charge >= 0.3 is 0 Å². The first-order valence-electron chi connectivity index (χ1n) is 4.70. The predicted octanol–water partition coefficient (Wildman–Crippen LogP) is -1.40. The van der Waals surface area contributed by atoms with E-state index >= 15 is 0 Å². The van der Waals surface area contributed by atoms with E-state index in [1.165, 1.54) is 0 Å². The number of ether oxygens (including phenoxy) is 1. The van der Waals surface area contributed by atoms with Crippen LogP contribution >= 0.6 is 0 Å². The molecule has 0 aromatic carbocycles. The van der Waals surface area contributed by atoms with Gasteiger partial charge in [0.25, 0.3) is 0 Å². The first-order valence-corrected chi connectivity index (χ1v) is 4.70. The fraction of sp³-hybridized carbons (Fsp3) is 0.778. The van der Waals surface area contributed by atoms with Crippen LogP contribution in [0, 0.1) is 0 Å². The fourth-order valence-corrected chi connectivity index (χ4v) is 0.743. The zero-order valence-electron chi connectivity index (χ0n) is 9.42. The Labute approximate surface area is 89.5 Å². The summed E-state index contributed by atoms with van der Waals surface area (Å²) < 4.78 is 4.75. The Morgan fingerprint density at radius 1 is 1.33 bits per heavy atom. The number of carbonyl (C=O) groups excluding carboxylic acids is 2. The highest BCUT2D eigenvalue weighted by Crippen LogP contribution is 1.94. The molecule has 0 atom stereocenters. The number of nitrogens with one attached hydrogen (secondary N) is 2. The molecule has 2 amide bonds. The zero-order chi connectivity index (χ0) is 11.9. The average Bonchev–Trinajstić information content (AvgIpc) is 2.13. The van der Waals surface area contributed by atoms with Crippen LogP contribution in [0.25, 0.3) is 0 Å². The fourth-order valence-electron chi connectivity index (χ4n) is 0.743. The minimum atomic E-state index is -0.965. The van der Waals surface area contributed by atoms with Gasteiger partial charge in [-0.1, -0.05) is 0 Å². The van der Waals surface area contributed by atoms with Gasteiger partial charge in [-0.25, -0.2) is 0 Å². The van der Waals surface area contributed by atoms with Gasteiger partial charge in [-0.3, -0.25) is 9.59 Å². The molecule has 15 heavy (non-hydrogen) atoms. The summed E-state index contributed by atoms with van der Waals surface area (Å²) in [5.74, 6) is -0.617. The van der Waals surface area contributed by atoms with Gasteiger partial charge < -0.3 is 21.1 Å². The molecule has 0 heterocycles. The van der Waals surface area contributed by atoms with Gasteiger partial charge in [-0.05, 0) is 13.8 Å². The Morgan fingerprint density at radius 3 is 2.40 bits per heavy atom. The van der Waals surface area contributed by atoms with E-state index in [4.69, 9.17) is 10.5 Å². The lowest BCUT2D eigenvalue weighted by Gasteiger charge is -2.17. The van der Waals surface area contributed by atoms with E-state index in [2.05, 4.69) is 10.6 Å². The summed E-state index contributed by atoms with van der Waals surface area (Å²) in [5.41, 5.74) is 4.56. The van der Waals surface area contributed by atoms with Gasteiger partial charge in [-0.2, -0.15) is 0 Å². The van der Waals surface area contributed by atoms with Gasteiger partial charge in [0, 0.05) is 13.7 Å². The minimum Gasteiger partial charge on any atom is -0.383 e. The van der Waals surface area contributed by atoms with Crippen molar-refractivity contribution < 1.29 is 14.3 Å². The minimum absolute atomic E-state index is 0.0663. The van der Waals surface area contributed by atoms with Crippen LogP contribution < -0.4 is 16.4 Å². The van der Waals surface area contributed by atoms with Crippen molar-refractivity contribution in [3.05, 3.63) is 0 Å². The lowest BCUT2D eigenvalue weighted by molar-refractivity contribution is -0.128. The van der Waals surface area contributed by atoms with E-state index in [-0.39, 0.29) is 18.4 Å². The van der Waals surface area contributed by atoms with E-state index in [1.54, 1.807) is 21.0 Å². The third-order valence-electron chi connectivity index (χ3n) is 1.62. The summed E-state index contributed by atoms with van der Waals surface area (Å²) in [5, 5.41) is 5.00. The maximum Gasteiger partial charge on any atom is 0.239 e. The molecule has 0 rings (SSSR count). The lowest BCUT2D eigenvalue weighted by Crippen LogP contribution is -2.51. The highest BCUT2D eigenvalue weighted by Gasteiger charge is 2.21. The van der Waals surface area contributed by atoms with Crippen LogP contribution in [0.5, 0.6) is 0 Å². The molecule has 0 aliphatic heterocycles. The predicted molar refractivity (Wildman–Crippen MR) is 56.2 cm³/mol. The van der Waals surface area contributed by atoms with Crippen LogP contribution in [-0.4, -0.2) is 44.2 Å². The monoisotopic (exact) mass is 217 g/mol. The number of amides is 2. The summed E-state index contributed by atoms with van der Waals surface area (Å²) in [7, 11) is 1.55. The molecule has 0 bridgehead atoms. The van der Waals surface area contributed by atoms with Crippen molar-refractivity contribution in [3.63, 3.8) is 0 Å². The number of hydrogen-bond acceptors (Lipinski definition) is 4. The third kappa shape index (κ3) is 6.87. The average molecular weight is 217 g/mol. The Kier molecular flexibility index (Phi) is 5.88. The molecule has 0 unspecified atom stereocenters. The van der Waals surface area contributed by atoms with Crippen molar-refractivity contribution in [2.75, 3.05) is 26.8 Å². The zero-order valence-corrected chi connectivity index (χ0v) is 9.42. The number of rotatable bonds is 6.